The van der Waals surface area contributed by atoms with Crippen molar-refractivity contribution in [3.8, 4) is 17.4 Å². The van der Waals surface area contributed by atoms with Crippen molar-refractivity contribution in [3.63, 3.8) is 0 Å². The number of ether oxygens (including phenoxy) is 3. The van der Waals surface area contributed by atoms with Crippen LogP contribution in [0.15, 0.2) is 24.5 Å². The van der Waals surface area contributed by atoms with Crippen molar-refractivity contribution in [3.05, 3.63) is 41.3 Å². The number of nitrogens with zero attached hydrogens (tertiary/aromatic N) is 3. The molecule has 136 valence electrons. The first-order valence-corrected chi connectivity index (χ1v) is 8.80. The Hall–Kier alpha value is -2.83. The zero-order chi connectivity index (χ0) is 18.1. The minimum absolute atomic E-state index is 0.0182. The molecule has 0 spiro atoms. The number of carbonyl (C=O) groups excluding carboxylic acids is 1. The summed E-state index contributed by atoms with van der Waals surface area (Å²) in [5.41, 5.74) is 2.56. The fraction of sp³-hybridized carbons (Fsp3) is 0.421. The number of aromatic nitrogens is 2. The standard InChI is InChI=1S/C19H21N3O4/c1-12(2)26-18-14-5-7-22(8-6-15(14)20-10-21-18)19(23)13-3-4-16-17(9-13)25-11-24-16/h3-4,9-10,12H,5-8,11H2,1-2H3. The smallest absolute Gasteiger partial charge is 0.254 e. The van der Waals surface area contributed by atoms with Crippen LogP contribution in [0.3, 0.4) is 0 Å². The zero-order valence-corrected chi connectivity index (χ0v) is 14.9. The molecule has 2 aliphatic rings. The largest absolute Gasteiger partial charge is 0.475 e. The predicted molar refractivity (Wildman–Crippen MR) is 93.7 cm³/mol. The van der Waals surface area contributed by atoms with Gasteiger partial charge in [0.05, 0.1) is 11.8 Å². The summed E-state index contributed by atoms with van der Waals surface area (Å²) in [7, 11) is 0. The van der Waals surface area contributed by atoms with Crippen molar-refractivity contribution in [1.82, 2.24) is 14.9 Å². The van der Waals surface area contributed by atoms with Crippen molar-refractivity contribution < 1.29 is 19.0 Å². The molecule has 2 aliphatic heterocycles. The van der Waals surface area contributed by atoms with Crippen molar-refractivity contribution in [1.29, 1.82) is 0 Å². The molecule has 0 saturated heterocycles. The summed E-state index contributed by atoms with van der Waals surface area (Å²) in [4.78, 5) is 23.4. The lowest BCUT2D eigenvalue weighted by Crippen LogP contribution is -2.33. The highest BCUT2D eigenvalue weighted by Crippen LogP contribution is 2.33. The van der Waals surface area contributed by atoms with Crippen LogP contribution in [-0.4, -0.2) is 46.8 Å². The van der Waals surface area contributed by atoms with Crippen LogP contribution in [0.4, 0.5) is 0 Å². The Labute approximate surface area is 151 Å². The predicted octanol–water partition coefficient (Wildman–Crippen LogP) is 2.23. The van der Waals surface area contributed by atoms with E-state index in [1.54, 1.807) is 18.2 Å². The van der Waals surface area contributed by atoms with Crippen LogP contribution in [-0.2, 0) is 12.8 Å². The van der Waals surface area contributed by atoms with Crippen LogP contribution < -0.4 is 14.2 Å². The van der Waals surface area contributed by atoms with E-state index in [4.69, 9.17) is 14.2 Å². The van der Waals surface area contributed by atoms with Gasteiger partial charge in [-0.25, -0.2) is 9.97 Å². The summed E-state index contributed by atoms with van der Waals surface area (Å²) < 4.78 is 16.5. The third-order valence-electron chi connectivity index (χ3n) is 4.50. The molecular weight excluding hydrogens is 334 g/mol. The maximum absolute atomic E-state index is 12.9. The number of benzene rings is 1. The van der Waals surface area contributed by atoms with Gasteiger partial charge in [0.15, 0.2) is 11.5 Å². The van der Waals surface area contributed by atoms with Crippen molar-refractivity contribution in [2.24, 2.45) is 0 Å². The van der Waals surface area contributed by atoms with Gasteiger partial charge in [-0.3, -0.25) is 4.79 Å². The van der Waals surface area contributed by atoms with Crippen molar-refractivity contribution in [2.75, 3.05) is 19.9 Å². The first kappa shape index (κ1) is 16.6. The number of amides is 1. The molecule has 7 heteroatoms. The molecular formula is C19H21N3O4. The highest BCUT2D eigenvalue weighted by molar-refractivity contribution is 5.95. The lowest BCUT2D eigenvalue weighted by Gasteiger charge is -2.20. The van der Waals surface area contributed by atoms with Gasteiger partial charge in [0.25, 0.3) is 5.91 Å². The van der Waals surface area contributed by atoms with E-state index in [2.05, 4.69) is 9.97 Å². The average Bonchev–Trinajstić information content (AvgIpc) is 2.98. The minimum Gasteiger partial charge on any atom is -0.475 e. The van der Waals surface area contributed by atoms with Gasteiger partial charge in [0.1, 0.15) is 6.33 Å². The Bertz CT molecular complexity index is 838. The monoisotopic (exact) mass is 355 g/mol. The molecule has 1 amide bonds. The number of rotatable bonds is 3. The van der Waals surface area contributed by atoms with Crippen LogP contribution >= 0.6 is 0 Å². The highest BCUT2D eigenvalue weighted by atomic mass is 16.7. The van der Waals surface area contributed by atoms with Crippen molar-refractivity contribution in [2.45, 2.75) is 32.8 Å². The second-order valence-corrected chi connectivity index (χ2v) is 6.63. The quantitative estimate of drug-likeness (QED) is 0.841. The number of hydrogen-bond acceptors (Lipinski definition) is 6. The number of hydrogen-bond donors (Lipinski definition) is 0. The van der Waals surface area contributed by atoms with E-state index in [9.17, 15) is 4.79 Å². The third-order valence-corrected chi connectivity index (χ3v) is 4.50. The molecule has 0 radical (unpaired) electrons. The lowest BCUT2D eigenvalue weighted by atomic mass is 10.1. The Morgan fingerprint density at radius 1 is 1.15 bits per heavy atom. The number of carbonyl (C=O) groups is 1. The van der Waals surface area contributed by atoms with E-state index < -0.39 is 0 Å². The summed E-state index contributed by atoms with van der Waals surface area (Å²) in [6.45, 7) is 5.35. The molecule has 0 bridgehead atoms. The maximum atomic E-state index is 12.9. The molecule has 2 aromatic rings. The Balaban J connectivity index is 1.53. The highest BCUT2D eigenvalue weighted by Gasteiger charge is 2.25. The second kappa shape index (κ2) is 6.82. The molecule has 0 atom stereocenters. The molecule has 0 unspecified atom stereocenters. The molecule has 7 nitrogen and oxygen atoms in total. The van der Waals surface area contributed by atoms with Gasteiger partial charge >= 0.3 is 0 Å². The average molecular weight is 355 g/mol. The Morgan fingerprint density at radius 2 is 1.96 bits per heavy atom. The normalized spacial score (nSPS) is 15.6. The number of fused-ring (bicyclic) bond motifs is 2. The molecule has 3 heterocycles. The zero-order valence-electron chi connectivity index (χ0n) is 14.9. The van der Waals surface area contributed by atoms with Gasteiger partial charge < -0.3 is 19.1 Å². The van der Waals surface area contributed by atoms with Crippen LogP contribution in [0.5, 0.6) is 17.4 Å². The fourth-order valence-electron chi connectivity index (χ4n) is 3.24. The Morgan fingerprint density at radius 3 is 2.81 bits per heavy atom. The molecule has 4 rings (SSSR count). The fourth-order valence-corrected chi connectivity index (χ4v) is 3.24. The molecule has 0 saturated carbocycles. The SMILES string of the molecule is CC(C)Oc1ncnc2c1CCN(C(=O)c1ccc3c(c1)OCO3)CC2. The maximum Gasteiger partial charge on any atom is 0.254 e. The molecule has 0 aliphatic carbocycles. The third kappa shape index (κ3) is 3.16. The van der Waals surface area contributed by atoms with Gasteiger partial charge in [-0.15, -0.1) is 0 Å². The van der Waals surface area contributed by atoms with Crippen LogP contribution in [0.25, 0.3) is 0 Å². The summed E-state index contributed by atoms with van der Waals surface area (Å²) in [5.74, 6) is 1.90. The van der Waals surface area contributed by atoms with E-state index in [1.807, 2.05) is 18.7 Å². The molecule has 26 heavy (non-hydrogen) atoms. The topological polar surface area (TPSA) is 73.8 Å². The van der Waals surface area contributed by atoms with Crippen molar-refractivity contribution >= 4 is 5.91 Å². The van der Waals surface area contributed by atoms with Crippen LogP contribution in [0.2, 0.25) is 0 Å². The van der Waals surface area contributed by atoms with E-state index in [0.29, 0.717) is 48.9 Å². The second-order valence-electron chi connectivity index (χ2n) is 6.63. The first-order chi connectivity index (χ1) is 12.6. The summed E-state index contributed by atoms with van der Waals surface area (Å²) in [6, 6.07) is 5.30. The molecule has 0 N–H and O–H groups in total. The van der Waals surface area contributed by atoms with E-state index in [-0.39, 0.29) is 18.8 Å². The van der Waals surface area contributed by atoms with E-state index in [0.717, 1.165) is 11.3 Å². The van der Waals surface area contributed by atoms with E-state index in [1.165, 1.54) is 6.33 Å². The molecule has 1 aromatic heterocycles. The Kier molecular flexibility index (Phi) is 4.36. The van der Waals surface area contributed by atoms with E-state index >= 15 is 0 Å². The van der Waals surface area contributed by atoms with Gasteiger partial charge in [0.2, 0.25) is 12.7 Å². The lowest BCUT2D eigenvalue weighted by molar-refractivity contribution is 0.0762. The van der Waals surface area contributed by atoms with Crippen LogP contribution in [0, 0.1) is 0 Å². The van der Waals surface area contributed by atoms with Gasteiger partial charge in [-0.2, -0.15) is 0 Å². The molecule has 1 aromatic carbocycles. The summed E-state index contributed by atoms with van der Waals surface area (Å²) in [5, 5.41) is 0. The van der Waals surface area contributed by atoms with Crippen LogP contribution in [0.1, 0.15) is 35.5 Å². The van der Waals surface area contributed by atoms with Gasteiger partial charge in [-0.1, -0.05) is 0 Å². The van der Waals surface area contributed by atoms with Gasteiger partial charge in [0, 0.05) is 30.6 Å². The molecule has 0 fully saturated rings. The summed E-state index contributed by atoms with van der Waals surface area (Å²) >= 11 is 0. The summed E-state index contributed by atoms with van der Waals surface area (Å²) in [6.07, 6.45) is 2.94. The minimum atomic E-state index is -0.0182. The van der Waals surface area contributed by atoms with Gasteiger partial charge in [-0.05, 0) is 38.5 Å². The first-order valence-electron chi connectivity index (χ1n) is 8.80.